The lowest BCUT2D eigenvalue weighted by molar-refractivity contribution is -0.143. The number of ether oxygens (including phenoxy) is 1. The zero-order valence-corrected chi connectivity index (χ0v) is 16.8. The van der Waals surface area contributed by atoms with Gasteiger partial charge in [-0.3, -0.25) is 14.4 Å². The molecule has 0 bridgehead atoms. The number of rotatable bonds is 5. The number of amides is 2. The second kappa shape index (κ2) is 9.53. The highest BCUT2D eigenvalue weighted by molar-refractivity contribution is 5.96. The molecule has 6 nitrogen and oxygen atoms in total. The van der Waals surface area contributed by atoms with E-state index in [2.05, 4.69) is 24.7 Å². The van der Waals surface area contributed by atoms with Crippen LogP contribution in [0.2, 0.25) is 0 Å². The van der Waals surface area contributed by atoms with Crippen LogP contribution in [0.5, 0.6) is 0 Å². The van der Waals surface area contributed by atoms with Crippen molar-refractivity contribution in [3.8, 4) is 0 Å². The number of esters is 1. The topological polar surface area (TPSA) is 66.9 Å². The molecule has 148 valence electrons. The van der Waals surface area contributed by atoms with Crippen molar-refractivity contribution in [1.82, 2.24) is 9.80 Å². The third kappa shape index (κ3) is 5.55. The summed E-state index contributed by atoms with van der Waals surface area (Å²) in [5.74, 6) is -0.0498. The third-order valence-corrected chi connectivity index (χ3v) is 5.07. The predicted molar refractivity (Wildman–Crippen MR) is 104 cm³/mol. The normalized spacial score (nSPS) is 14.9. The van der Waals surface area contributed by atoms with Crippen molar-refractivity contribution in [2.24, 2.45) is 0 Å². The first-order chi connectivity index (χ1) is 12.8. The number of carbonyl (C=O) groups is 3. The highest BCUT2D eigenvalue weighted by atomic mass is 16.5. The van der Waals surface area contributed by atoms with Gasteiger partial charge < -0.3 is 14.5 Å². The molecule has 1 fully saturated rings. The van der Waals surface area contributed by atoms with Gasteiger partial charge in [0.2, 0.25) is 5.91 Å². The Hall–Kier alpha value is -2.37. The highest BCUT2D eigenvalue weighted by Gasteiger charge is 2.24. The fraction of sp³-hybridized carbons (Fsp3) is 0.571. The number of nitrogens with zero attached hydrogens (tertiary/aromatic N) is 2. The Balaban J connectivity index is 2.01. The van der Waals surface area contributed by atoms with Crippen molar-refractivity contribution in [3.05, 3.63) is 34.9 Å². The SMILES string of the molecule is COC(=O)CCC(=O)N1CCCN(C(=O)c2cc(C(C)C)ccc2C)CC1. The van der Waals surface area contributed by atoms with E-state index in [9.17, 15) is 14.4 Å². The molecule has 0 spiro atoms. The lowest BCUT2D eigenvalue weighted by atomic mass is 9.97. The molecule has 2 amide bonds. The van der Waals surface area contributed by atoms with E-state index in [1.807, 2.05) is 24.0 Å². The summed E-state index contributed by atoms with van der Waals surface area (Å²) < 4.78 is 4.59. The Kier molecular flexibility index (Phi) is 7.39. The highest BCUT2D eigenvalue weighted by Crippen LogP contribution is 2.20. The lowest BCUT2D eigenvalue weighted by Gasteiger charge is -2.23. The Labute approximate surface area is 161 Å². The molecular formula is C21H30N2O4. The van der Waals surface area contributed by atoms with Gasteiger partial charge in [-0.1, -0.05) is 26.0 Å². The van der Waals surface area contributed by atoms with E-state index in [-0.39, 0.29) is 30.6 Å². The summed E-state index contributed by atoms with van der Waals surface area (Å²) in [4.78, 5) is 40.1. The van der Waals surface area contributed by atoms with Gasteiger partial charge in [-0.25, -0.2) is 0 Å². The van der Waals surface area contributed by atoms with E-state index < -0.39 is 0 Å². The van der Waals surface area contributed by atoms with E-state index in [4.69, 9.17) is 0 Å². The maximum Gasteiger partial charge on any atom is 0.306 e. The quantitative estimate of drug-likeness (QED) is 0.743. The summed E-state index contributed by atoms with van der Waals surface area (Å²) in [7, 11) is 1.32. The van der Waals surface area contributed by atoms with Gasteiger partial charge >= 0.3 is 5.97 Å². The van der Waals surface area contributed by atoms with Crippen LogP contribution in [-0.4, -0.2) is 60.9 Å². The third-order valence-electron chi connectivity index (χ3n) is 5.07. The van der Waals surface area contributed by atoms with Crippen molar-refractivity contribution in [2.75, 3.05) is 33.3 Å². The fourth-order valence-corrected chi connectivity index (χ4v) is 3.24. The molecule has 0 aliphatic carbocycles. The second-order valence-electron chi connectivity index (χ2n) is 7.33. The van der Waals surface area contributed by atoms with Crippen LogP contribution >= 0.6 is 0 Å². The van der Waals surface area contributed by atoms with Crippen LogP contribution < -0.4 is 0 Å². The standard InChI is InChI=1S/C21H30N2O4/c1-15(2)17-7-6-16(3)18(14-17)21(26)23-11-5-10-22(12-13-23)19(24)8-9-20(25)27-4/h6-7,14-15H,5,8-13H2,1-4H3. The average Bonchev–Trinajstić information content (AvgIpc) is 2.91. The molecule has 1 aliphatic heterocycles. The van der Waals surface area contributed by atoms with Gasteiger partial charge in [-0.2, -0.15) is 0 Å². The van der Waals surface area contributed by atoms with Crippen LogP contribution in [-0.2, 0) is 14.3 Å². The monoisotopic (exact) mass is 374 g/mol. The maximum absolute atomic E-state index is 13.0. The first-order valence-corrected chi connectivity index (χ1v) is 9.58. The second-order valence-corrected chi connectivity index (χ2v) is 7.33. The van der Waals surface area contributed by atoms with Gasteiger partial charge in [-0.15, -0.1) is 0 Å². The van der Waals surface area contributed by atoms with Gasteiger partial charge in [0.05, 0.1) is 13.5 Å². The van der Waals surface area contributed by atoms with Gasteiger partial charge in [0, 0.05) is 38.2 Å². The predicted octanol–water partition coefficient (Wildman–Crippen LogP) is 2.75. The van der Waals surface area contributed by atoms with E-state index >= 15 is 0 Å². The molecule has 1 aliphatic rings. The first-order valence-electron chi connectivity index (χ1n) is 9.58. The number of aryl methyl sites for hydroxylation is 1. The molecule has 0 atom stereocenters. The molecule has 0 N–H and O–H groups in total. The van der Waals surface area contributed by atoms with E-state index in [0.29, 0.717) is 32.1 Å². The summed E-state index contributed by atoms with van der Waals surface area (Å²) in [6.07, 6.45) is 0.977. The molecule has 0 saturated carbocycles. The summed E-state index contributed by atoms with van der Waals surface area (Å²) in [6, 6.07) is 6.07. The minimum atomic E-state index is -0.379. The van der Waals surface area contributed by atoms with Gasteiger partial charge in [0.1, 0.15) is 0 Å². The smallest absolute Gasteiger partial charge is 0.306 e. The molecule has 1 aromatic carbocycles. The number of methoxy groups -OCH3 is 1. The molecule has 27 heavy (non-hydrogen) atoms. The van der Waals surface area contributed by atoms with E-state index in [1.54, 1.807) is 4.90 Å². The average molecular weight is 374 g/mol. The van der Waals surface area contributed by atoms with Crippen LogP contribution in [0.1, 0.15) is 60.5 Å². The van der Waals surface area contributed by atoms with Crippen molar-refractivity contribution in [2.45, 2.75) is 46.0 Å². The molecule has 1 heterocycles. The number of benzene rings is 1. The number of hydrogen-bond acceptors (Lipinski definition) is 4. The lowest BCUT2D eigenvalue weighted by Crippen LogP contribution is -2.37. The largest absolute Gasteiger partial charge is 0.469 e. The molecule has 1 aromatic rings. The molecule has 6 heteroatoms. The molecule has 0 unspecified atom stereocenters. The fourth-order valence-electron chi connectivity index (χ4n) is 3.24. The van der Waals surface area contributed by atoms with Crippen molar-refractivity contribution >= 4 is 17.8 Å². The summed E-state index contributed by atoms with van der Waals surface area (Å²) in [5.41, 5.74) is 2.87. The zero-order valence-electron chi connectivity index (χ0n) is 16.8. The van der Waals surface area contributed by atoms with Crippen LogP contribution in [0.4, 0.5) is 0 Å². The Morgan fingerprint density at radius 1 is 1.04 bits per heavy atom. The van der Waals surface area contributed by atoms with Crippen LogP contribution in [0.3, 0.4) is 0 Å². The minimum Gasteiger partial charge on any atom is -0.469 e. The first kappa shape index (κ1) is 20.9. The number of hydrogen-bond donors (Lipinski definition) is 0. The van der Waals surface area contributed by atoms with Gasteiger partial charge in [0.15, 0.2) is 0 Å². The Morgan fingerprint density at radius 2 is 1.70 bits per heavy atom. The molecular weight excluding hydrogens is 344 g/mol. The van der Waals surface area contributed by atoms with Crippen LogP contribution in [0, 0.1) is 6.92 Å². The molecule has 0 aromatic heterocycles. The summed E-state index contributed by atoms with van der Waals surface area (Å²) in [5, 5.41) is 0. The van der Waals surface area contributed by atoms with Gasteiger partial charge in [0.25, 0.3) is 5.91 Å². The minimum absolute atomic E-state index is 0.0267. The van der Waals surface area contributed by atoms with E-state index in [0.717, 1.165) is 23.1 Å². The molecule has 0 radical (unpaired) electrons. The summed E-state index contributed by atoms with van der Waals surface area (Å²) >= 11 is 0. The van der Waals surface area contributed by atoms with Crippen molar-refractivity contribution in [3.63, 3.8) is 0 Å². The number of carbonyl (C=O) groups excluding carboxylic acids is 3. The van der Waals surface area contributed by atoms with Gasteiger partial charge in [-0.05, 0) is 36.5 Å². The molecule has 1 saturated heterocycles. The maximum atomic E-state index is 13.0. The zero-order chi connectivity index (χ0) is 20.0. The van der Waals surface area contributed by atoms with Crippen LogP contribution in [0.15, 0.2) is 18.2 Å². The Morgan fingerprint density at radius 3 is 2.37 bits per heavy atom. The molecule has 2 rings (SSSR count). The Bertz CT molecular complexity index is 699. The van der Waals surface area contributed by atoms with Crippen LogP contribution in [0.25, 0.3) is 0 Å². The van der Waals surface area contributed by atoms with Crippen molar-refractivity contribution in [1.29, 1.82) is 0 Å². The van der Waals surface area contributed by atoms with Crippen molar-refractivity contribution < 1.29 is 19.1 Å². The summed E-state index contributed by atoms with van der Waals surface area (Å²) in [6.45, 7) is 8.42. The van der Waals surface area contributed by atoms with E-state index in [1.165, 1.54) is 7.11 Å².